The van der Waals surface area contributed by atoms with E-state index in [9.17, 15) is 0 Å². The highest BCUT2D eigenvalue weighted by atomic mass is 35.5. The molecular weight excluding hydrogens is 258 g/mol. The Morgan fingerprint density at radius 1 is 1.21 bits per heavy atom. The highest BCUT2D eigenvalue weighted by Gasteiger charge is 2.48. The zero-order valence-corrected chi connectivity index (χ0v) is 11.5. The molecule has 1 aromatic heterocycles. The van der Waals surface area contributed by atoms with E-state index in [1.54, 1.807) is 0 Å². The van der Waals surface area contributed by atoms with Crippen LogP contribution in [0.25, 0.3) is 0 Å². The Hall–Kier alpha value is -1.48. The predicted molar refractivity (Wildman–Crippen MR) is 76.8 cm³/mol. The van der Waals surface area contributed by atoms with Crippen molar-refractivity contribution in [2.75, 3.05) is 11.9 Å². The quantitative estimate of drug-likeness (QED) is 0.908. The molecule has 1 aromatic carbocycles. The van der Waals surface area contributed by atoms with Crippen molar-refractivity contribution in [3.05, 3.63) is 46.6 Å². The van der Waals surface area contributed by atoms with E-state index in [-0.39, 0.29) is 5.41 Å². The molecule has 2 aromatic rings. The van der Waals surface area contributed by atoms with Crippen molar-refractivity contribution in [3.8, 4) is 0 Å². The van der Waals surface area contributed by atoms with Gasteiger partial charge in [0.15, 0.2) is 0 Å². The average molecular weight is 274 g/mol. The molecule has 1 N–H and O–H groups in total. The van der Waals surface area contributed by atoms with Gasteiger partial charge < -0.3 is 5.32 Å². The van der Waals surface area contributed by atoms with E-state index in [4.69, 9.17) is 16.7 Å². The van der Waals surface area contributed by atoms with Crippen molar-refractivity contribution in [2.45, 2.75) is 31.2 Å². The lowest BCUT2D eigenvalue weighted by molar-refractivity contribution is 0.556. The average Bonchev–Trinajstić information content (AvgIpc) is 3.13. The summed E-state index contributed by atoms with van der Waals surface area (Å²) in [6.45, 7) is 2.08. The first-order chi connectivity index (χ1) is 9.28. The Bertz CT molecular complexity index is 587. The molecule has 0 atom stereocenters. The minimum absolute atomic E-state index is 0.136. The van der Waals surface area contributed by atoms with E-state index < -0.39 is 0 Å². The van der Waals surface area contributed by atoms with Crippen molar-refractivity contribution in [1.29, 1.82) is 0 Å². The summed E-state index contributed by atoms with van der Waals surface area (Å²) in [7, 11) is 0. The second-order valence-electron chi connectivity index (χ2n) is 5.51. The number of halogens is 1. The van der Waals surface area contributed by atoms with Crippen LogP contribution in [-0.4, -0.2) is 16.3 Å². The summed E-state index contributed by atoms with van der Waals surface area (Å²) in [5.74, 6) is 1.17. The number of benzene rings is 1. The Morgan fingerprint density at radius 3 is 2.68 bits per heavy atom. The maximum absolute atomic E-state index is 5.98. The van der Waals surface area contributed by atoms with Gasteiger partial charge >= 0.3 is 0 Å². The van der Waals surface area contributed by atoms with Gasteiger partial charge in [0.05, 0.1) is 5.69 Å². The lowest BCUT2D eigenvalue weighted by Crippen LogP contribution is -2.17. The minimum atomic E-state index is 0.136. The van der Waals surface area contributed by atoms with Crippen LogP contribution in [0.4, 0.5) is 5.82 Å². The monoisotopic (exact) mass is 273 g/mol. The molecule has 1 fully saturated rings. The molecule has 3 nitrogen and oxygen atoms in total. The van der Waals surface area contributed by atoms with E-state index in [0.717, 1.165) is 24.5 Å². The predicted octanol–water partition coefficient (Wildman–Crippen LogP) is 3.43. The maximum atomic E-state index is 5.98. The first-order valence-corrected chi connectivity index (χ1v) is 7.24. The number of anilines is 1. The molecule has 98 valence electrons. The highest BCUT2D eigenvalue weighted by molar-refractivity contribution is 6.30. The number of rotatable bonds is 2. The van der Waals surface area contributed by atoms with Gasteiger partial charge in [-0.25, -0.2) is 4.68 Å². The van der Waals surface area contributed by atoms with Gasteiger partial charge in [0, 0.05) is 29.6 Å². The Kier molecular flexibility index (Phi) is 2.39. The van der Waals surface area contributed by atoms with Gasteiger partial charge in [0.25, 0.3) is 0 Å². The van der Waals surface area contributed by atoms with Crippen molar-refractivity contribution in [1.82, 2.24) is 9.78 Å². The second kappa shape index (κ2) is 4.01. The van der Waals surface area contributed by atoms with Crippen molar-refractivity contribution in [3.63, 3.8) is 0 Å². The first kappa shape index (κ1) is 11.4. The Morgan fingerprint density at radius 2 is 2.00 bits per heavy atom. The Balaban J connectivity index is 1.74. The van der Waals surface area contributed by atoms with Crippen LogP contribution in [-0.2, 0) is 12.0 Å². The lowest BCUT2D eigenvalue weighted by atomic mass is 9.92. The van der Waals surface area contributed by atoms with Gasteiger partial charge in [-0.2, -0.15) is 5.10 Å². The zero-order valence-electron chi connectivity index (χ0n) is 10.7. The van der Waals surface area contributed by atoms with Gasteiger partial charge in [-0.3, -0.25) is 0 Å². The van der Waals surface area contributed by atoms with Gasteiger partial charge in [0.1, 0.15) is 5.82 Å². The fourth-order valence-corrected chi connectivity index (χ4v) is 3.12. The molecule has 0 bridgehead atoms. The number of hydrogen-bond donors (Lipinski definition) is 1. The third-order valence-electron chi connectivity index (χ3n) is 4.27. The summed E-state index contributed by atoms with van der Waals surface area (Å²) in [5, 5.41) is 9.02. The standard InChI is InChI=1S/C15H16ClN3/c16-12-4-2-11(3-5-12)15(6-7-15)13-10-14-17-8-1-9-19(14)18-13/h2-5,10,17H,1,6-9H2. The molecule has 4 heteroatoms. The second-order valence-corrected chi connectivity index (χ2v) is 5.94. The van der Waals surface area contributed by atoms with Crippen LogP contribution in [0.15, 0.2) is 30.3 Å². The smallest absolute Gasteiger partial charge is 0.124 e. The summed E-state index contributed by atoms with van der Waals surface area (Å²) in [6, 6.07) is 10.5. The molecule has 0 unspecified atom stereocenters. The fraction of sp³-hybridized carbons (Fsp3) is 0.400. The molecule has 19 heavy (non-hydrogen) atoms. The molecule has 2 heterocycles. The lowest BCUT2D eigenvalue weighted by Gasteiger charge is -2.14. The summed E-state index contributed by atoms with van der Waals surface area (Å²) in [4.78, 5) is 0. The van der Waals surface area contributed by atoms with Crippen LogP contribution in [0.1, 0.15) is 30.5 Å². The Labute approximate surface area is 117 Å². The molecule has 0 saturated heterocycles. The minimum Gasteiger partial charge on any atom is -0.370 e. The van der Waals surface area contributed by atoms with Crippen LogP contribution >= 0.6 is 11.6 Å². The van der Waals surface area contributed by atoms with Crippen LogP contribution in [0.5, 0.6) is 0 Å². The third kappa shape index (κ3) is 1.76. The van der Waals surface area contributed by atoms with Crippen LogP contribution in [0.3, 0.4) is 0 Å². The van der Waals surface area contributed by atoms with Gasteiger partial charge in [-0.05, 0) is 37.0 Å². The number of nitrogens with zero attached hydrogens (tertiary/aromatic N) is 2. The van der Waals surface area contributed by atoms with E-state index >= 15 is 0 Å². The van der Waals surface area contributed by atoms with E-state index in [2.05, 4.69) is 28.2 Å². The van der Waals surface area contributed by atoms with E-state index in [1.807, 2.05) is 12.1 Å². The van der Waals surface area contributed by atoms with Gasteiger partial charge in [-0.1, -0.05) is 23.7 Å². The number of aromatic nitrogens is 2. The number of aryl methyl sites for hydroxylation is 1. The summed E-state index contributed by atoms with van der Waals surface area (Å²) in [5.41, 5.74) is 2.68. The van der Waals surface area contributed by atoms with Crippen LogP contribution < -0.4 is 5.32 Å². The number of nitrogens with one attached hydrogen (secondary N) is 1. The van der Waals surface area contributed by atoms with E-state index in [1.165, 1.54) is 29.9 Å². The zero-order chi connectivity index (χ0) is 12.9. The molecule has 2 aliphatic rings. The topological polar surface area (TPSA) is 29.9 Å². The molecule has 1 saturated carbocycles. The van der Waals surface area contributed by atoms with Crippen molar-refractivity contribution in [2.24, 2.45) is 0 Å². The largest absolute Gasteiger partial charge is 0.370 e. The molecule has 1 aliphatic heterocycles. The maximum Gasteiger partial charge on any atom is 0.124 e. The number of fused-ring (bicyclic) bond motifs is 1. The van der Waals surface area contributed by atoms with Crippen molar-refractivity contribution >= 4 is 17.4 Å². The molecule has 1 aliphatic carbocycles. The summed E-state index contributed by atoms with van der Waals surface area (Å²) >= 11 is 5.98. The highest BCUT2D eigenvalue weighted by Crippen LogP contribution is 2.53. The molecule has 0 spiro atoms. The van der Waals surface area contributed by atoms with Gasteiger partial charge in [0.2, 0.25) is 0 Å². The normalized spacial score (nSPS) is 19.6. The molecule has 0 radical (unpaired) electrons. The third-order valence-corrected chi connectivity index (χ3v) is 4.52. The van der Waals surface area contributed by atoms with Crippen molar-refractivity contribution < 1.29 is 0 Å². The summed E-state index contributed by atoms with van der Waals surface area (Å²) < 4.78 is 2.11. The fourth-order valence-electron chi connectivity index (χ4n) is 3.00. The van der Waals surface area contributed by atoms with Gasteiger partial charge in [-0.15, -0.1) is 0 Å². The molecular formula is C15H16ClN3. The SMILES string of the molecule is Clc1ccc(C2(c3cc4n(n3)CCCN4)CC2)cc1. The summed E-state index contributed by atoms with van der Waals surface area (Å²) in [6.07, 6.45) is 3.53. The van der Waals surface area contributed by atoms with Crippen LogP contribution in [0.2, 0.25) is 5.02 Å². The first-order valence-electron chi connectivity index (χ1n) is 6.86. The van der Waals surface area contributed by atoms with E-state index in [0.29, 0.717) is 0 Å². The molecule has 0 amide bonds. The van der Waals surface area contributed by atoms with Crippen LogP contribution in [0, 0.1) is 0 Å². The molecule has 4 rings (SSSR count). The number of hydrogen-bond acceptors (Lipinski definition) is 2.